The molecule has 4 heteroatoms. The fourth-order valence-electron chi connectivity index (χ4n) is 1.95. The molecule has 0 saturated carbocycles. The summed E-state index contributed by atoms with van der Waals surface area (Å²) in [6.45, 7) is 14.3. The van der Waals surface area contributed by atoms with Crippen LogP contribution in [0.3, 0.4) is 0 Å². The Hall–Kier alpha value is -0.770. The van der Waals surface area contributed by atoms with Crippen LogP contribution in [-0.4, -0.2) is 42.8 Å². The van der Waals surface area contributed by atoms with Crippen molar-refractivity contribution in [1.29, 1.82) is 0 Å². The van der Waals surface area contributed by atoms with Crippen LogP contribution >= 0.6 is 0 Å². The molecule has 2 aliphatic rings. The number of hydrogen-bond acceptors (Lipinski definition) is 3. The molecule has 2 saturated heterocycles. The molecule has 1 N–H and O–H groups in total. The minimum atomic E-state index is -0.375. The molecule has 0 aromatic carbocycles. The number of amides is 1. The lowest BCUT2D eigenvalue weighted by atomic mass is 10.00. The fraction of sp³-hybridized carbons (Fsp3) is 0.933. The molecule has 0 bridgehead atoms. The molecule has 0 unspecified atom stereocenters. The second-order valence-corrected chi connectivity index (χ2v) is 6.91. The van der Waals surface area contributed by atoms with Gasteiger partial charge in [-0.25, -0.2) is 4.79 Å². The zero-order valence-corrected chi connectivity index (χ0v) is 13.2. The maximum atomic E-state index is 11.6. The van der Waals surface area contributed by atoms with E-state index >= 15 is 0 Å². The van der Waals surface area contributed by atoms with Crippen molar-refractivity contribution in [3.63, 3.8) is 0 Å². The van der Waals surface area contributed by atoms with Crippen molar-refractivity contribution >= 4 is 6.09 Å². The van der Waals surface area contributed by atoms with Crippen LogP contribution < -0.4 is 5.32 Å². The van der Waals surface area contributed by atoms with E-state index in [2.05, 4.69) is 19.2 Å². The van der Waals surface area contributed by atoms with Gasteiger partial charge >= 0.3 is 6.09 Å². The predicted octanol–water partition coefficient (Wildman–Crippen LogP) is 2.88. The van der Waals surface area contributed by atoms with Crippen LogP contribution in [0, 0.1) is 11.8 Å². The number of carbonyl (C=O) groups excluding carboxylic acids is 1. The van der Waals surface area contributed by atoms with E-state index in [1.807, 2.05) is 25.7 Å². The van der Waals surface area contributed by atoms with E-state index in [0.29, 0.717) is 0 Å². The Morgan fingerprint density at radius 3 is 1.89 bits per heavy atom. The highest BCUT2D eigenvalue weighted by molar-refractivity contribution is 5.68. The van der Waals surface area contributed by atoms with Gasteiger partial charge in [-0.2, -0.15) is 0 Å². The lowest BCUT2D eigenvalue weighted by Crippen LogP contribution is -2.41. The van der Waals surface area contributed by atoms with Crippen molar-refractivity contribution in [1.82, 2.24) is 10.2 Å². The zero-order valence-electron chi connectivity index (χ0n) is 13.2. The number of hydrogen-bond donors (Lipinski definition) is 1. The van der Waals surface area contributed by atoms with Gasteiger partial charge in [0.25, 0.3) is 0 Å². The number of nitrogens with zero attached hydrogens (tertiary/aromatic N) is 1. The Morgan fingerprint density at radius 2 is 1.58 bits per heavy atom. The Labute approximate surface area is 117 Å². The SMILES string of the molecule is CC1CCN(C(=O)OC(C)(C)C)CC1.CC1CNC1. The molecule has 0 aromatic heterocycles. The zero-order chi connectivity index (χ0) is 14.5. The molecule has 0 spiro atoms. The van der Waals surface area contributed by atoms with Crippen molar-refractivity contribution in [2.24, 2.45) is 11.8 Å². The van der Waals surface area contributed by atoms with Crippen LogP contribution in [0.15, 0.2) is 0 Å². The molecule has 2 fully saturated rings. The highest BCUT2D eigenvalue weighted by Gasteiger charge is 2.25. The third kappa shape index (κ3) is 6.81. The third-order valence-electron chi connectivity index (χ3n) is 3.42. The van der Waals surface area contributed by atoms with Gasteiger partial charge in [-0.3, -0.25) is 0 Å². The van der Waals surface area contributed by atoms with Crippen LogP contribution in [-0.2, 0) is 4.74 Å². The van der Waals surface area contributed by atoms with Crippen LogP contribution in [0.5, 0.6) is 0 Å². The van der Waals surface area contributed by atoms with Gasteiger partial charge in [0.1, 0.15) is 5.60 Å². The predicted molar refractivity (Wildman–Crippen MR) is 78.2 cm³/mol. The fourth-order valence-corrected chi connectivity index (χ4v) is 1.95. The molecule has 1 amide bonds. The molecule has 112 valence electrons. The number of carbonyl (C=O) groups is 1. The summed E-state index contributed by atoms with van der Waals surface area (Å²) in [5.41, 5.74) is -0.375. The topological polar surface area (TPSA) is 41.6 Å². The Morgan fingerprint density at radius 1 is 1.11 bits per heavy atom. The van der Waals surface area contributed by atoms with E-state index in [0.717, 1.165) is 37.8 Å². The minimum Gasteiger partial charge on any atom is -0.444 e. The lowest BCUT2D eigenvalue weighted by molar-refractivity contribution is 0.0190. The maximum Gasteiger partial charge on any atom is 0.410 e. The molecule has 2 heterocycles. The van der Waals surface area contributed by atoms with Gasteiger partial charge in [0.15, 0.2) is 0 Å². The number of ether oxygens (including phenoxy) is 1. The molecule has 2 rings (SSSR count). The molecule has 0 aromatic rings. The summed E-state index contributed by atoms with van der Waals surface area (Å²) in [5.74, 6) is 1.70. The molecule has 0 aliphatic carbocycles. The van der Waals surface area contributed by atoms with E-state index in [1.165, 1.54) is 13.1 Å². The molecule has 0 atom stereocenters. The average molecular weight is 270 g/mol. The van der Waals surface area contributed by atoms with Crippen molar-refractivity contribution in [3.05, 3.63) is 0 Å². The van der Waals surface area contributed by atoms with Gasteiger partial charge in [0, 0.05) is 13.1 Å². The molecule has 4 nitrogen and oxygen atoms in total. The molecule has 19 heavy (non-hydrogen) atoms. The first kappa shape index (κ1) is 16.3. The van der Waals surface area contributed by atoms with Crippen molar-refractivity contribution in [2.45, 2.75) is 53.1 Å². The average Bonchev–Trinajstić information content (AvgIpc) is 2.25. The van der Waals surface area contributed by atoms with E-state index in [9.17, 15) is 4.79 Å². The first-order chi connectivity index (χ1) is 8.78. The lowest BCUT2D eigenvalue weighted by Gasteiger charge is -2.32. The van der Waals surface area contributed by atoms with Crippen molar-refractivity contribution < 1.29 is 9.53 Å². The summed E-state index contributed by atoms with van der Waals surface area (Å²) in [4.78, 5) is 13.4. The van der Waals surface area contributed by atoms with Gasteiger partial charge in [-0.1, -0.05) is 13.8 Å². The van der Waals surface area contributed by atoms with Gasteiger partial charge in [0.2, 0.25) is 0 Å². The smallest absolute Gasteiger partial charge is 0.410 e. The first-order valence-corrected chi connectivity index (χ1v) is 7.46. The molecule has 0 radical (unpaired) electrons. The number of likely N-dealkylation sites (tertiary alicyclic amines) is 1. The molecular formula is C15H30N2O2. The second-order valence-electron chi connectivity index (χ2n) is 6.91. The number of piperidine rings is 1. The number of nitrogens with one attached hydrogen (secondary N) is 1. The van der Waals surface area contributed by atoms with Crippen molar-refractivity contribution in [2.75, 3.05) is 26.2 Å². The van der Waals surface area contributed by atoms with Crippen LogP contribution in [0.25, 0.3) is 0 Å². The van der Waals surface area contributed by atoms with E-state index in [4.69, 9.17) is 4.74 Å². The molecule has 2 aliphatic heterocycles. The normalized spacial score (nSPS) is 21.2. The summed E-state index contributed by atoms with van der Waals surface area (Å²) < 4.78 is 5.30. The van der Waals surface area contributed by atoms with Crippen molar-refractivity contribution in [3.8, 4) is 0 Å². The van der Waals surface area contributed by atoms with E-state index in [1.54, 1.807) is 0 Å². The van der Waals surface area contributed by atoms with Crippen LogP contribution in [0.4, 0.5) is 4.79 Å². The summed E-state index contributed by atoms with van der Waals surface area (Å²) in [5, 5.41) is 3.16. The largest absolute Gasteiger partial charge is 0.444 e. The monoisotopic (exact) mass is 270 g/mol. The quantitative estimate of drug-likeness (QED) is 0.736. The Balaban J connectivity index is 0.000000300. The highest BCUT2D eigenvalue weighted by Crippen LogP contribution is 2.18. The van der Waals surface area contributed by atoms with Gasteiger partial charge in [-0.05, 0) is 58.5 Å². The standard InChI is InChI=1S/C11H21NO2.C4H9N/c1-9-5-7-12(8-6-9)10(13)14-11(2,3)4;1-4-2-5-3-4/h9H,5-8H2,1-4H3;4-5H,2-3H2,1H3. The van der Waals surface area contributed by atoms with Gasteiger partial charge in [0.05, 0.1) is 0 Å². The van der Waals surface area contributed by atoms with Crippen LogP contribution in [0.1, 0.15) is 47.5 Å². The maximum absolute atomic E-state index is 11.6. The molecular weight excluding hydrogens is 240 g/mol. The summed E-state index contributed by atoms with van der Waals surface area (Å²) in [7, 11) is 0. The van der Waals surface area contributed by atoms with Crippen LogP contribution in [0.2, 0.25) is 0 Å². The van der Waals surface area contributed by atoms with E-state index in [-0.39, 0.29) is 11.7 Å². The van der Waals surface area contributed by atoms with Gasteiger partial charge < -0.3 is 15.0 Å². The minimum absolute atomic E-state index is 0.163. The first-order valence-electron chi connectivity index (χ1n) is 7.46. The summed E-state index contributed by atoms with van der Waals surface area (Å²) >= 11 is 0. The van der Waals surface area contributed by atoms with E-state index < -0.39 is 0 Å². The Bertz CT molecular complexity index is 274. The Kier molecular flexibility index (Phi) is 6.11. The number of rotatable bonds is 0. The third-order valence-corrected chi connectivity index (χ3v) is 3.42. The summed E-state index contributed by atoms with van der Waals surface area (Å²) in [6.07, 6.45) is 2.03. The second kappa shape index (κ2) is 7.13. The van der Waals surface area contributed by atoms with Gasteiger partial charge in [-0.15, -0.1) is 0 Å². The highest BCUT2D eigenvalue weighted by atomic mass is 16.6. The summed E-state index contributed by atoms with van der Waals surface area (Å²) in [6, 6.07) is 0.